The van der Waals surface area contributed by atoms with Gasteiger partial charge in [-0.05, 0) is 103 Å². The molecular formula is C63H71BBr2F2IN14O6V3-3. The van der Waals surface area contributed by atoms with Gasteiger partial charge in [0.2, 0.25) is 0 Å². The number of fused-ring (bicyclic) bond motifs is 3. The van der Waals surface area contributed by atoms with Crippen LogP contribution in [0.3, 0.4) is 0 Å². The molecule has 0 aliphatic heterocycles. The van der Waals surface area contributed by atoms with E-state index in [0.29, 0.717) is 48.0 Å². The Kier molecular flexibility index (Phi) is 44.1. The number of anilines is 3. The minimum absolute atomic E-state index is 0. The third kappa shape index (κ3) is 32.7. The first-order chi connectivity index (χ1) is 41.9. The molecule has 0 unspecified atom stereocenters. The number of pyridine rings is 5. The average Bonchev–Trinajstić information content (AvgIpc) is 1.71. The molecule has 0 saturated heterocycles. The summed E-state index contributed by atoms with van der Waals surface area (Å²) in [5, 5.41) is 53.4. The zero-order chi connectivity index (χ0) is 65.3. The van der Waals surface area contributed by atoms with Crippen molar-refractivity contribution >= 4 is 135 Å². The number of aromatic nitrogens is 11. The summed E-state index contributed by atoms with van der Waals surface area (Å²) in [6, 6.07) is 29.3. The Labute approximate surface area is 601 Å². The van der Waals surface area contributed by atoms with Crippen molar-refractivity contribution in [2.45, 2.75) is 73.2 Å². The summed E-state index contributed by atoms with van der Waals surface area (Å²) in [6.07, 6.45) is 16.6. The number of halogens is 5. The fourth-order valence-electron chi connectivity index (χ4n) is 6.44. The number of carboxylic acids is 1. The van der Waals surface area contributed by atoms with Gasteiger partial charge in [0.15, 0.2) is 17.1 Å². The Bertz CT molecular complexity index is 3870. The molecule has 2 amide bonds. The van der Waals surface area contributed by atoms with E-state index >= 15 is 0 Å². The number of rotatable bonds is 7. The second-order valence-electron chi connectivity index (χ2n) is 19.2. The molecule has 3 radical (unpaired) electrons. The van der Waals surface area contributed by atoms with Gasteiger partial charge in [0.25, 0.3) is 11.8 Å². The molecule has 8 heterocycles. The van der Waals surface area contributed by atoms with Crippen LogP contribution in [0, 0.1) is 30.9 Å². The molecule has 485 valence electrons. The zero-order valence-electron chi connectivity index (χ0n) is 50.9. The molecule has 10 N–H and O–H groups in total. The Balaban J connectivity index is 0. The predicted octanol–water partition coefficient (Wildman–Crippen LogP) is 14.5. The van der Waals surface area contributed by atoms with Crippen molar-refractivity contribution in [3.8, 4) is 11.1 Å². The summed E-state index contributed by atoms with van der Waals surface area (Å²) < 4.78 is 27.9. The largest absolute Gasteiger partial charge is 0.490 e. The van der Waals surface area contributed by atoms with Crippen LogP contribution in [0.1, 0.15) is 101 Å². The van der Waals surface area contributed by atoms with E-state index in [2.05, 4.69) is 169 Å². The van der Waals surface area contributed by atoms with Crippen molar-refractivity contribution < 1.29 is 94.0 Å². The number of amides is 2. The number of nitrogens with two attached hydrogens (primary N) is 1. The van der Waals surface area contributed by atoms with E-state index < -0.39 is 24.7 Å². The number of benzene rings is 3. The van der Waals surface area contributed by atoms with Gasteiger partial charge in [-0.15, -0.1) is 0 Å². The standard InChI is InChI=1S/C18H12FN5O.C13H9BrN4O.C8H5BrN2O2.C5H5BFNO2.C5H6N2.C4H9I.C4H9.C3H7.C2H5.CH4.3V/c19-13-6-12(8-21-9-13)11-3-4-16-15(7-11)17(24-23-16)18(25)22-14-2-1-5-20-10-14;14-8-3-4-11-10(6-8)12(18-17-11)13(19)16-9-2-1-5-15-7-9;9-4-1-2-6-5(3-4)7(8(12)13)11-10-6;7-5-1-4(6(9)10)2-8-3-5;6-5-2-1-3-7-4-5;1-4(2,3)5;1-4(2)3;1-3-2;1-2;;;;/h1-10H,(H,22,25)(H,23,24);1-7H,(H,16,19)(H,17,18);1-3H,(H,10,11)(H,12,13);1-3,9-10H;1-4H,6H2;1-3H3;1-3H3;3H,1-2H3;1H2,2H3;1H4;;;/q;;;;;;3*-1;;;;. The molecule has 0 aliphatic carbocycles. The Morgan fingerprint density at radius 1 is 0.598 bits per heavy atom. The molecule has 8 aromatic heterocycles. The van der Waals surface area contributed by atoms with Gasteiger partial charge in [-0.25, -0.2) is 13.6 Å². The van der Waals surface area contributed by atoms with Crippen LogP contribution in [0.2, 0.25) is 0 Å². The minimum Gasteiger partial charge on any atom is -0.476 e. The van der Waals surface area contributed by atoms with Gasteiger partial charge in [-0.3, -0.25) is 49.8 Å². The minimum atomic E-state index is -1.65. The van der Waals surface area contributed by atoms with Crippen LogP contribution in [-0.2, 0) is 55.7 Å². The molecule has 11 rings (SSSR count). The summed E-state index contributed by atoms with van der Waals surface area (Å²) in [4.78, 5) is 54.3. The molecule has 29 heteroatoms. The van der Waals surface area contributed by atoms with Gasteiger partial charge >= 0.3 is 13.1 Å². The van der Waals surface area contributed by atoms with E-state index in [1.54, 1.807) is 111 Å². The number of aromatic carboxylic acids is 1. The molecule has 0 atom stereocenters. The van der Waals surface area contributed by atoms with E-state index in [4.69, 9.17) is 20.9 Å². The third-order valence-electron chi connectivity index (χ3n) is 9.83. The van der Waals surface area contributed by atoms with Crippen molar-refractivity contribution in [2.24, 2.45) is 0 Å². The van der Waals surface area contributed by atoms with Gasteiger partial charge in [-0.1, -0.05) is 88.7 Å². The van der Waals surface area contributed by atoms with Crippen molar-refractivity contribution in [2.75, 3.05) is 16.4 Å². The summed E-state index contributed by atoms with van der Waals surface area (Å²) in [6.45, 7) is 21.8. The van der Waals surface area contributed by atoms with Crippen LogP contribution in [0.5, 0.6) is 0 Å². The number of carbonyl (C=O) groups excluding carboxylic acids is 2. The van der Waals surface area contributed by atoms with E-state index in [0.717, 1.165) is 49.4 Å². The summed E-state index contributed by atoms with van der Waals surface area (Å²) >= 11 is 9.03. The number of H-pyrrole nitrogens is 3. The van der Waals surface area contributed by atoms with Crippen LogP contribution in [0.25, 0.3) is 43.8 Å². The maximum atomic E-state index is 13.4. The number of nitrogens with zero attached hydrogens (tertiary/aromatic N) is 8. The van der Waals surface area contributed by atoms with Gasteiger partial charge in [-0.2, -0.15) is 56.8 Å². The van der Waals surface area contributed by atoms with Crippen LogP contribution in [-0.4, -0.2) is 99.0 Å². The van der Waals surface area contributed by atoms with Gasteiger partial charge in [0.1, 0.15) is 11.6 Å². The van der Waals surface area contributed by atoms with Crippen LogP contribution >= 0.6 is 54.5 Å². The molecule has 20 nitrogen and oxygen atoms in total. The Morgan fingerprint density at radius 3 is 1.33 bits per heavy atom. The zero-order valence-corrected chi connectivity index (χ0v) is 60.4. The molecule has 3 aromatic carbocycles. The summed E-state index contributed by atoms with van der Waals surface area (Å²) in [5.41, 5.74) is 11.6. The van der Waals surface area contributed by atoms with Crippen LogP contribution in [0.15, 0.2) is 174 Å². The van der Waals surface area contributed by atoms with E-state index in [1.165, 1.54) is 18.2 Å². The molecule has 0 fully saturated rings. The number of nitrogen functional groups attached to an aromatic ring is 1. The first kappa shape index (κ1) is 87.4. The number of aromatic amines is 3. The molecule has 0 spiro atoms. The molecule has 0 aliphatic rings. The van der Waals surface area contributed by atoms with E-state index in [-0.39, 0.29) is 91.8 Å². The SMILES string of the molecule is C.CC(C)(C)I.C[C-](C)C.C[CH-]C.Nc1cccnc1.O=C(Nc1cccnc1)c1n[nH]c2ccc(-c3cncc(F)c3)cc12.O=C(Nc1cccnc1)c1n[nH]c2ccc(Br)cc12.O=C(O)c1n[nH]c2ccc(Br)cc12.OB(O)c1cncc(F)c1.[CH2-]C.[V].[V].[V]. The second-order valence-corrected chi connectivity index (χ2v) is 24.3. The molecule has 92 heavy (non-hydrogen) atoms. The number of nitrogens with one attached hydrogen (secondary N) is 5. The predicted molar refractivity (Wildman–Crippen MR) is 368 cm³/mol. The fraction of sp³-hybridized carbons (Fsp3) is 0.175. The maximum absolute atomic E-state index is 13.4. The van der Waals surface area contributed by atoms with Crippen molar-refractivity contribution in [3.05, 3.63) is 222 Å². The maximum Gasteiger partial charge on any atom is 0.490 e. The third-order valence-corrected chi connectivity index (χ3v) is 10.8. The summed E-state index contributed by atoms with van der Waals surface area (Å²) in [5.74, 6) is -1.22. The average molecular weight is 1610 g/mol. The van der Waals surface area contributed by atoms with Crippen molar-refractivity contribution in [3.63, 3.8) is 0 Å². The number of alkyl halides is 1. The van der Waals surface area contributed by atoms with E-state index in [1.807, 2.05) is 50.6 Å². The first-order valence-corrected chi connectivity index (χ1v) is 29.1. The van der Waals surface area contributed by atoms with Crippen molar-refractivity contribution in [1.29, 1.82) is 0 Å². The molecular weight excluding hydrogens is 1540 g/mol. The van der Waals surface area contributed by atoms with Gasteiger partial charge in [0, 0.05) is 132 Å². The van der Waals surface area contributed by atoms with E-state index in [9.17, 15) is 23.2 Å². The normalized spacial score (nSPS) is 9.59. The number of carbonyl (C=O) groups is 3. The molecule has 0 saturated carbocycles. The quantitative estimate of drug-likeness (QED) is 0.0310. The number of hydrogen-bond donors (Lipinski definition) is 9. The first-order valence-electron chi connectivity index (χ1n) is 26.4. The molecule has 0 bridgehead atoms. The van der Waals surface area contributed by atoms with Crippen molar-refractivity contribution in [1.82, 2.24) is 55.5 Å². The monoisotopic (exact) mass is 1610 g/mol. The topological polar surface area (TPSA) is 312 Å². The molecule has 11 aromatic rings. The Hall–Kier alpha value is -6.68. The smallest absolute Gasteiger partial charge is 0.476 e. The van der Waals surface area contributed by atoms with Crippen LogP contribution in [0.4, 0.5) is 25.8 Å². The van der Waals surface area contributed by atoms with Gasteiger partial charge in [0.05, 0.1) is 58.4 Å². The number of hydrogen-bond acceptors (Lipinski definition) is 14. The van der Waals surface area contributed by atoms with Crippen LogP contribution < -0.4 is 21.8 Å². The second kappa shape index (κ2) is 46.4. The fourth-order valence-corrected chi connectivity index (χ4v) is 7.17. The summed E-state index contributed by atoms with van der Waals surface area (Å²) in [7, 11) is -1.65. The van der Waals surface area contributed by atoms with Gasteiger partial charge < -0.3 is 50.8 Å². The Morgan fingerprint density at radius 2 is 0.978 bits per heavy atom. The number of carboxylic acid groups (broad SMARTS) is 1.